The van der Waals surface area contributed by atoms with Gasteiger partial charge in [0.15, 0.2) is 0 Å². The first-order chi connectivity index (χ1) is 9.09. The summed E-state index contributed by atoms with van der Waals surface area (Å²) >= 11 is 0. The Morgan fingerprint density at radius 3 is 2.32 bits per heavy atom. The fourth-order valence-corrected chi connectivity index (χ4v) is 1.67. The summed E-state index contributed by atoms with van der Waals surface area (Å²) in [5.41, 5.74) is 0.423. The van der Waals surface area contributed by atoms with Gasteiger partial charge in [-0.2, -0.15) is 0 Å². The van der Waals surface area contributed by atoms with Gasteiger partial charge in [0.05, 0.1) is 6.10 Å². The lowest BCUT2D eigenvalue weighted by atomic mass is 10.1. The van der Waals surface area contributed by atoms with Gasteiger partial charge in [-0.15, -0.1) is 0 Å². The van der Waals surface area contributed by atoms with E-state index < -0.39 is 17.0 Å². The molecule has 6 nitrogen and oxygen atoms in total. The molecule has 19 heavy (non-hydrogen) atoms. The summed E-state index contributed by atoms with van der Waals surface area (Å²) < 4.78 is 0. The first kappa shape index (κ1) is 13.2. The Bertz CT molecular complexity index is 616. The van der Waals surface area contributed by atoms with E-state index in [9.17, 15) is 9.59 Å². The van der Waals surface area contributed by atoms with Crippen LogP contribution in [-0.4, -0.2) is 22.7 Å². The molecule has 2 aromatic rings. The second-order valence-electron chi connectivity index (χ2n) is 4.35. The van der Waals surface area contributed by atoms with Gasteiger partial charge in [-0.3, -0.25) is 14.6 Å². The molecule has 3 N–H and O–H groups in total. The molecule has 0 amide bonds. The van der Waals surface area contributed by atoms with E-state index in [4.69, 9.17) is 5.11 Å². The molecule has 0 aliphatic rings. The van der Waals surface area contributed by atoms with Crippen molar-refractivity contribution in [2.75, 3.05) is 17.2 Å². The number of anilines is 2. The number of pyridine rings is 1. The van der Waals surface area contributed by atoms with Crippen LogP contribution in [0.3, 0.4) is 0 Å². The second kappa shape index (κ2) is 5.62. The van der Waals surface area contributed by atoms with Gasteiger partial charge in [-0.25, -0.2) is 0 Å². The maximum Gasteiger partial charge on any atom is 0.253 e. The Morgan fingerprint density at radius 2 is 1.74 bits per heavy atom. The third-order valence-electron chi connectivity index (χ3n) is 2.70. The Morgan fingerprint density at radius 1 is 1.16 bits per heavy atom. The van der Waals surface area contributed by atoms with E-state index in [2.05, 4.69) is 15.6 Å². The number of aromatic nitrogens is 1. The highest BCUT2D eigenvalue weighted by atomic mass is 16.3. The number of nitrogens with one attached hydrogen (secondary N) is 2. The summed E-state index contributed by atoms with van der Waals surface area (Å²) in [6, 6.07) is 3.64. The fourth-order valence-electron chi connectivity index (χ4n) is 1.67. The van der Waals surface area contributed by atoms with Crippen molar-refractivity contribution < 1.29 is 5.11 Å². The minimum absolute atomic E-state index is 0.231. The molecule has 0 aliphatic carbocycles. The van der Waals surface area contributed by atoms with Crippen LogP contribution in [0.2, 0.25) is 0 Å². The molecule has 1 aromatic heterocycles. The molecule has 6 heteroatoms. The van der Waals surface area contributed by atoms with E-state index in [1.807, 2.05) is 12.1 Å². The van der Waals surface area contributed by atoms with Crippen molar-refractivity contribution in [3.8, 4) is 0 Å². The van der Waals surface area contributed by atoms with Crippen molar-refractivity contribution in [3.05, 3.63) is 50.5 Å². The van der Waals surface area contributed by atoms with Crippen LogP contribution in [0.15, 0.2) is 34.1 Å². The van der Waals surface area contributed by atoms with E-state index in [0.29, 0.717) is 6.54 Å². The lowest BCUT2D eigenvalue weighted by molar-refractivity contribution is 0.208. The largest absolute Gasteiger partial charge is 0.392 e. The summed E-state index contributed by atoms with van der Waals surface area (Å²) in [7, 11) is 0. The third-order valence-corrected chi connectivity index (χ3v) is 2.70. The van der Waals surface area contributed by atoms with Crippen LogP contribution in [0.4, 0.5) is 11.4 Å². The molecule has 0 radical (unpaired) electrons. The van der Waals surface area contributed by atoms with Crippen LogP contribution < -0.4 is 21.5 Å². The van der Waals surface area contributed by atoms with Gasteiger partial charge < -0.3 is 15.7 Å². The molecule has 1 unspecified atom stereocenters. The molecule has 0 fully saturated rings. The molecule has 0 bridgehead atoms. The standard InChI is InChI=1S/C13H15N3O3/c1-8(17)6-15-10-11(13(19)12(10)18)16-7-9-2-4-14-5-3-9/h2-5,8,15-17H,6-7H2,1H3. The second-order valence-corrected chi connectivity index (χ2v) is 4.35. The minimum Gasteiger partial charge on any atom is -0.392 e. The molecule has 1 heterocycles. The van der Waals surface area contributed by atoms with Gasteiger partial charge >= 0.3 is 0 Å². The molecule has 0 aliphatic heterocycles. The number of hydrogen-bond donors (Lipinski definition) is 3. The van der Waals surface area contributed by atoms with Crippen LogP contribution in [0, 0.1) is 0 Å². The highest BCUT2D eigenvalue weighted by Gasteiger charge is 2.20. The van der Waals surface area contributed by atoms with Gasteiger partial charge in [-0.05, 0) is 24.6 Å². The van der Waals surface area contributed by atoms with Gasteiger partial charge in [-0.1, -0.05) is 0 Å². The monoisotopic (exact) mass is 261 g/mol. The number of aliphatic hydroxyl groups is 1. The third kappa shape index (κ3) is 2.97. The number of hydrogen-bond acceptors (Lipinski definition) is 6. The molecule has 1 aromatic carbocycles. The lowest BCUT2D eigenvalue weighted by Gasteiger charge is -2.15. The molecule has 0 saturated carbocycles. The van der Waals surface area contributed by atoms with Crippen LogP contribution >= 0.6 is 0 Å². The summed E-state index contributed by atoms with van der Waals surface area (Å²) in [5.74, 6) is 0. The van der Waals surface area contributed by atoms with Crippen LogP contribution in [0.5, 0.6) is 0 Å². The van der Waals surface area contributed by atoms with Gasteiger partial charge in [0.1, 0.15) is 11.4 Å². The van der Waals surface area contributed by atoms with E-state index in [1.165, 1.54) is 0 Å². The van der Waals surface area contributed by atoms with Crippen LogP contribution in [-0.2, 0) is 6.54 Å². The molecule has 0 saturated heterocycles. The molecule has 100 valence electrons. The maximum atomic E-state index is 11.5. The Labute approximate surface area is 109 Å². The zero-order valence-electron chi connectivity index (χ0n) is 10.5. The lowest BCUT2D eigenvalue weighted by Crippen LogP contribution is -2.38. The average molecular weight is 261 g/mol. The smallest absolute Gasteiger partial charge is 0.253 e. The Balaban J connectivity index is 2.03. The van der Waals surface area contributed by atoms with Gasteiger partial charge in [0, 0.05) is 25.5 Å². The van der Waals surface area contributed by atoms with E-state index in [1.54, 1.807) is 19.3 Å². The summed E-state index contributed by atoms with van der Waals surface area (Å²) in [6.45, 7) is 2.27. The molecule has 1 atom stereocenters. The van der Waals surface area contributed by atoms with Crippen molar-refractivity contribution in [2.24, 2.45) is 0 Å². The van der Waals surface area contributed by atoms with Crippen molar-refractivity contribution in [1.29, 1.82) is 0 Å². The Hall–Kier alpha value is -2.21. The molecular formula is C13H15N3O3. The average Bonchev–Trinajstić information content (AvgIpc) is 2.42. The topological polar surface area (TPSA) is 91.3 Å². The van der Waals surface area contributed by atoms with Crippen LogP contribution in [0.25, 0.3) is 0 Å². The summed E-state index contributed by atoms with van der Waals surface area (Å²) in [6.07, 6.45) is 2.73. The highest BCUT2D eigenvalue weighted by Crippen LogP contribution is 2.15. The van der Waals surface area contributed by atoms with Crippen molar-refractivity contribution in [2.45, 2.75) is 19.6 Å². The molecule has 2 rings (SSSR count). The van der Waals surface area contributed by atoms with E-state index >= 15 is 0 Å². The van der Waals surface area contributed by atoms with Gasteiger partial charge in [0.2, 0.25) is 0 Å². The maximum absolute atomic E-state index is 11.5. The van der Waals surface area contributed by atoms with Crippen molar-refractivity contribution >= 4 is 11.4 Å². The quantitative estimate of drug-likeness (QED) is 0.638. The predicted octanol–water partition coefficient (Wildman–Crippen LogP) is 0.0824. The van der Waals surface area contributed by atoms with Crippen LogP contribution in [0.1, 0.15) is 12.5 Å². The SMILES string of the molecule is CC(O)CNc1c(NCc2ccncc2)c(=O)c1=O. The zero-order chi connectivity index (χ0) is 13.8. The van der Waals surface area contributed by atoms with Crippen molar-refractivity contribution in [3.63, 3.8) is 0 Å². The van der Waals surface area contributed by atoms with Crippen molar-refractivity contribution in [1.82, 2.24) is 4.98 Å². The van der Waals surface area contributed by atoms with E-state index in [-0.39, 0.29) is 17.9 Å². The normalized spacial score (nSPS) is 12.3. The highest BCUT2D eigenvalue weighted by molar-refractivity contribution is 5.73. The predicted molar refractivity (Wildman–Crippen MR) is 73.1 cm³/mol. The number of rotatable bonds is 6. The molecular weight excluding hydrogens is 246 g/mol. The first-order valence-corrected chi connectivity index (χ1v) is 5.97. The Kier molecular flexibility index (Phi) is 3.91. The summed E-state index contributed by atoms with van der Waals surface area (Å²) in [4.78, 5) is 26.7. The minimum atomic E-state index is -0.586. The van der Waals surface area contributed by atoms with Gasteiger partial charge in [0.25, 0.3) is 10.9 Å². The zero-order valence-corrected chi connectivity index (χ0v) is 10.5. The number of nitrogens with zero attached hydrogens (tertiary/aromatic N) is 1. The van der Waals surface area contributed by atoms with E-state index in [0.717, 1.165) is 5.56 Å². The molecule has 0 spiro atoms. The first-order valence-electron chi connectivity index (χ1n) is 5.97. The number of aliphatic hydroxyl groups excluding tert-OH is 1. The fraction of sp³-hybridized carbons (Fsp3) is 0.308. The summed E-state index contributed by atoms with van der Waals surface area (Å²) in [5, 5.41) is 14.9.